The first-order chi connectivity index (χ1) is 39.7. The molecule has 0 spiro atoms. The lowest BCUT2D eigenvalue weighted by Gasteiger charge is -2.49. The lowest BCUT2D eigenvalue weighted by Crippen LogP contribution is -2.62. The van der Waals surface area contributed by atoms with Crippen LogP contribution in [-0.4, -0.2) is 6.71 Å². The first-order valence-corrected chi connectivity index (χ1v) is 31.9. The van der Waals surface area contributed by atoms with E-state index in [2.05, 4.69) is 230 Å². The molecule has 15 rings (SSSR count). The summed E-state index contributed by atoms with van der Waals surface area (Å²) in [6, 6.07) is 52.1. The number of hydrogen-bond donors (Lipinski definition) is 0. The Morgan fingerprint density at radius 2 is 0.904 bits per heavy atom. The van der Waals surface area contributed by atoms with Crippen molar-refractivity contribution < 1.29 is 4.42 Å². The second-order valence-corrected chi connectivity index (χ2v) is 29.9. The standard InChI is InChI=1S/C78H84BN3O/c1-74(2,3)55-28-34-57(35-29-55)80(56-30-26-51(27-31-56)72-42-54-22-16-17-23-71(54)83-72)60-43-69-73-70(44-60)82(59-33-25-50-19-13-15-21-53(50)41-59)68-48-64-62(76(6,7)37-39-78(64,10)11)46-66(68)79(73)65-45-61-63(77(8,9)38-36-75(61,4)5)47-67(65)81(69)58-32-24-49-18-12-14-20-52(49)40-58/h17,23-35,40-48H,12-16,18-22,36-39H2,1-11H3. The number of fused-ring (bicyclic) bond motifs is 9. The number of anilines is 9. The van der Waals surface area contributed by atoms with Crippen molar-refractivity contribution in [3.05, 3.63) is 195 Å². The van der Waals surface area contributed by atoms with Crippen LogP contribution in [0.15, 0.2) is 138 Å². The van der Waals surface area contributed by atoms with Gasteiger partial charge in [0.15, 0.2) is 0 Å². The van der Waals surface area contributed by atoms with Gasteiger partial charge >= 0.3 is 0 Å². The van der Waals surface area contributed by atoms with Gasteiger partial charge in [0.05, 0.1) is 5.69 Å². The maximum absolute atomic E-state index is 6.56. The van der Waals surface area contributed by atoms with Crippen LogP contribution in [0.2, 0.25) is 0 Å². The van der Waals surface area contributed by atoms with Gasteiger partial charge in [0.2, 0.25) is 0 Å². The average Bonchev–Trinajstić information content (AvgIpc) is 1.21. The topological polar surface area (TPSA) is 22.9 Å². The molecule has 3 heterocycles. The second-order valence-electron chi connectivity index (χ2n) is 29.9. The zero-order valence-electron chi connectivity index (χ0n) is 51.5. The SMILES string of the molecule is CC(C)(C)c1ccc(N(c2ccc(-c3cc4c(o3)C=CCC4)cc2)c2cc3c4c(c2)N(c2ccc5c(c2)CCCC5)c2cc5c(cc2B4c2cc4c(cc2N3c2ccc3c(c2)CCCC3)C(C)(C)CCC4(C)C)C(C)(C)CCC5(C)C)cc1. The molecule has 0 bridgehead atoms. The molecule has 7 aromatic carbocycles. The number of furan rings is 1. The third-order valence-electron chi connectivity index (χ3n) is 21.5. The minimum atomic E-state index is -0.00755. The van der Waals surface area contributed by atoms with Crippen LogP contribution in [0, 0.1) is 0 Å². The highest BCUT2D eigenvalue weighted by Crippen LogP contribution is 2.55. The molecular weight excluding hydrogens is 1010 g/mol. The van der Waals surface area contributed by atoms with E-state index in [-0.39, 0.29) is 33.8 Å². The van der Waals surface area contributed by atoms with Gasteiger partial charge in [-0.3, -0.25) is 0 Å². The molecule has 0 saturated heterocycles. The van der Waals surface area contributed by atoms with Gasteiger partial charge in [0.25, 0.3) is 6.71 Å². The van der Waals surface area contributed by atoms with Gasteiger partial charge in [-0.05, 0) is 286 Å². The van der Waals surface area contributed by atoms with Gasteiger partial charge in [-0.25, -0.2) is 0 Å². The molecule has 0 atom stereocenters. The number of hydrogen-bond acceptors (Lipinski definition) is 4. The van der Waals surface area contributed by atoms with Gasteiger partial charge in [-0.15, -0.1) is 0 Å². The van der Waals surface area contributed by atoms with E-state index in [1.54, 1.807) is 0 Å². The van der Waals surface area contributed by atoms with Crippen molar-refractivity contribution >= 4 is 80.4 Å². The molecule has 0 radical (unpaired) electrons. The van der Waals surface area contributed by atoms with E-state index < -0.39 is 0 Å². The molecule has 0 fully saturated rings. The van der Waals surface area contributed by atoms with Crippen molar-refractivity contribution in [2.45, 2.75) is 193 Å². The van der Waals surface area contributed by atoms with Crippen molar-refractivity contribution in [3.63, 3.8) is 0 Å². The Hall–Kier alpha value is -6.98. The van der Waals surface area contributed by atoms with E-state index in [1.807, 2.05) is 0 Å². The van der Waals surface area contributed by atoms with Crippen LogP contribution in [0.4, 0.5) is 51.2 Å². The third-order valence-corrected chi connectivity index (χ3v) is 21.5. The minimum Gasteiger partial charge on any atom is -0.456 e. The number of benzene rings is 7. The lowest BCUT2D eigenvalue weighted by atomic mass is 9.32. The van der Waals surface area contributed by atoms with Gasteiger partial charge < -0.3 is 19.1 Å². The van der Waals surface area contributed by atoms with Crippen LogP contribution in [0.5, 0.6) is 0 Å². The fraction of sp³-hybridized carbons (Fsp3) is 0.385. The van der Waals surface area contributed by atoms with E-state index in [9.17, 15) is 0 Å². The van der Waals surface area contributed by atoms with E-state index in [4.69, 9.17) is 4.42 Å². The summed E-state index contributed by atoms with van der Waals surface area (Å²) < 4.78 is 6.56. The Labute approximate surface area is 496 Å². The lowest BCUT2D eigenvalue weighted by molar-refractivity contribution is 0.332. The summed E-state index contributed by atoms with van der Waals surface area (Å²) in [5.41, 5.74) is 31.3. The van der Waals surface area contributed by atoms with Crippen molar-refractivity contribution in [1.82, 2.24) is 0 Å². The average molecular weight is 1090 g/mol. The normalized spacial score (nSPS) is 19.1. The molecule has 5 aliphatic carbocycles. The fourth-order valence-corrected chi connectivity index (χ4v) is 16.2. The summed E-state index contributed by atoms with van der Waals surface area (Å²) in [6.07, 6.45) is 20.7. The van der Waals surface area contributed by atoms with Crippen LogP contribution < -0.4 is 31.1 Å². The Morgan fingerprint density at radius 1 is 0.446 bits per heavy atom. The number of aryl methyl sites for hydroxylation is 5. The van der Waals surface area contributed by atoms with Crippen LogP contribution >= 0.6 is 0 Å². The smallest absolute Gasteiger partial charge is 0.252 e. The predicted octanol–water partition coefficient (Wildman–Crippen LogP) is 19.2. The van der Waals surface area contributed by atoms with Gasteiger partial charge in [-0.1, -0.05) is 119 Å². The molecule has 0 amide bonds. The van der Waals surface area contributed by atoms with E-state index in [0.29, 0.717) is 0 Å². The Bertz CT molecular complexity index is 3820. The quantitative estimate of drug-likeness (QED) is 0.155. The summed E-state index contributed by atoms with van der Waals surface area (Å²) in [5, 5.41) is 0. The number of nitrogens with zero attached hydrogens (tertiary/aromatic N) is 3. The number of allylic oxidation sites excluding steroid dienone is 1. The van der Waals surface area contributed by atoms with Gasteiger partial charge in [0.1, 0.15) is 11.5 Å². The Morgan fingerprint density at radius 3 is 1.37 bits per heavy atom. The Balaban J connectivity index is 1.06. The molecule has 420 valence electrons. The Kier molecular flexibility index (Phi) is 11.9. The molecular formula is C78H84BN3O. The summed E-state index contributed by atoms with van der Waals surface area (Å²) in [6.45, 7) is 27.1. The number of rotatable bonds is 6. The maximum atomic E-state index is 6.56. The van der Waals surface area contributed by atoms with Crippen LogP contribution in [0.3, 0.4) is 0 Å². The fourth-order valence-electron chi connectivity index (χ4n) is 16.2. The van der Waals surface area contributed by atoms with Crippen LogP contribution in [0.25, 0.3) is 17.4 Å². The summed E-state index contributed by atoms with van der Waals surface area (Å²) in [5.74, 6) is 1.92. The molecule has 2 aliphatic heterocycles. The highest BCUT2D eigenvalue weighted by molar-refractivity contribution is 7.00. The molecule has 5 heteroatoms. The van der Waals surface area contributed by atoms with Crippen molar-refractivity contribution in [2.75, 3.05) is 14.7 Å². The molecule has 8 aromatic rings. The highest BCUT2D eigenvalue weighted by atomic mass is 16.3. The van der Waals surface area contributed by atoms with Gasteiger partial charge in [-0.2, -0.15) is 0 Å². The minimum absolute atomic E-state index is 0.00485. The molecule has 7 aliphatic rings. The zero-order chi connectivity index (χ0) is 57.1. The zero-order valence-corrected chi connectivity index (χ0v) is 51.5. The van der Waals surface area contributed by atoms with Crippen LogP contribution in [0.1, 0.15) is 195 Å². The first kappa shape index (κ1) is 52.8. The summed E-state index contributed by atoms with van der Waals surface area (Å²) in [4.78, 5) is 8.05. The van der Waals surface area contributed by atoms with Crippen molar-refractivity contribution in [2.24, 2.45) is 0 Å². The van der Waals surface area contributed by atoms with E-state index in [0.717, 1.165) is 85.5 Å². The molecule has 0 N–H and O–H groups in total. The monoisotopic (exact) mass is 1090 g/mol. The van der Waals surface area contributed by atoms with Gasteiger partial charge in [0, 0.05) is 51.1 Å². The van der Waals surface area contributed by atoms with Crippen molar-refractivity contribution in [3.8, 4) is 11.3 Å². The summed E-state index contributed by atoms with van der Waals surface area (Å²) in [7, 11) is 0. The molecule has 0 unspecified atom stereocenters. The largest absolute Gasteiger partial charge is 0.456 e. The van der Waals surface area contributed by atoms with Crippen LogP contribution in [-0.2, 0) is 59.2 Å². The predicted molar refractivity (Wildman–Crippen MR) is 353 cm³/mol. The second kappa shape index (κ2) is 18.8. The summed E-state index contributed by atoms with van der Waals surface area (Å²) >= 11 is 0. The van der Waals surface area contributed by atoms with E-state index >= 15 is 0 Å². The van der Waals surface area contributed by atoms with Crippen molar-refractivity contribution in [1.29, 1.82) is 0 Å². The van der Waals surface area contributed by atoms with E-state index in [1.165, 1.54) is 145 Å². The molecule has 83 heavy (non-hydrogen) atoms. The highest BCUT2D eigenvalue weighted by Gasteiger charge is 2.49. The first-order valence-electron chi connectivity index (χ1n) is 31.9. The maximum Gasteiger partial charge on any atom is 0.252 e. The molecule has 4 nitrogen and oxygen atoms in total. The third kappa shape index (κ3) is 8.57. The molecule has 1 aromatic heterocycles. The molecule has 0 saturated carbocycles.